The highest BCUT2D eigenvalue weighted by Gasteiger charge is 2.20. The average Bonchev–Trinajstić information content (AvgIpc) is 2.91. The Labute approximate surface area is 230 Å². The van der Waals surface area contributed by atoms with Crippen LogP contribution in [0.5, 0.6) is 0 Å². The van der Waals surface area contributed by atoms with Crippen molar-refractivity contribution in [1.82, 2.24) is 19.4 Å². The molecule has 198 valence electrons. The first-order valence-corrected chi connectivity index (χ1v) is 12.2. The summed E-state index contributed by atoms with van der Waals surface area (Å²) in [7, 11) is 1.54. The number of aliphatic carboxylic acids is 1. The molecule has 1 aromatic heterocycles. The lowest BCUT2D eigenvalue weighted by molar-refractivity contribution is -0.308. The second kappa shape index (κ2) is 11.4. The van der Waals surface area contributed by atoms with Crippen molar-refractivity contribution < 1.29 is 14.7 Å². The number of aromatic nitrogens is 2. The zero-order chi connectivity index (χ0) is 28.3. The number of fused-ring (bicyclic) bond motifs is 1. The fourth-order valence-electron chi connectivity index (χ4n) is 4.11. The van der Waals surface area contributed by atoms with Gasteiger partial charge in [-0.05, 0) is 53.9 Å². The molecule has 13 heteroatoms. The van der Waals surface area contributed by atoms with Gasteiger partial charge in [-0.25, -0.2) is 9.36 Å². The summed E-state index contributed by atoms with van der Waals surface area (Å²) < 4.78 is 2.33. The van der Waals surface area contributed by atoms with E-state index in [9.17, 15) is 24.3 Å². The Morgan fingerprint density at radius 2 is 1.69 bits per heavy atom. The molecule has 0 spiro atoms. The monoisotopic (exact) mass is 566 g/mol. The number of hydrogen-bond donors (Lipinski definition) is 2. The van der Waals surface area contributed by atoms with Gasteiger partial charge in [0.25, 0.3) is 11.5 Å². The quantitative estimate of drug-likeness (QED) is 0.246. The van der Waals surface area contributed by atoms with Crippen LogP contribution in [-0.4, -0.2) is 27.1 Å². The molecule has 0 fully saturated rings. The smallest absolute Gasteiger partial charge is 0.335 e. The molecule has 0 saturated carbocycles. The van der Waals surface area contributed by atoms with Gasteiger partial charge < -0.3 is 15.2 Å². The molecule has 11 nitrogen and oxygen atoms in total. The van der Waals surface area contributed by atoms with E-state index >= 15 is 0 Å². The Morgan fingerprint density at radius 1 is 1.05 bits per heavy atom. The molecule has 0 radical (unpaired) electrons. The van der Waals surface area contributed by atoms with Gasteiger partial charge in [0.2, 0.25) is 4.91 Å². The first kappa shape index (κ1) is 27.5. The topological polar surface area (TPSA) is 164 Å². The van der Waals surface area contributed by atoms with Crippen molar-refractivity contribution in [2.24, 2.45) is 12.2 Å². The Morgan fingerprint density at radius 3 is 2.31 bits per heavy atom. The number of hydrogen-bond acceptors (Lipinski definition) is 7. The molecule has 0 aliphatic heterocycles. The lowest BCUT2D eigenvalue weighted by Gasteiger charge is -2.21. The highest BCUT2D eigenvalue weighted by molar-refractivity contribution is 6.39. The summed E-state index contributed by atoms with van der Waals surface area (Å²) in [6.07, 6.45) is -0.144. The third kappa shape index (κ3) is 5.65. The van der Waals surface area contributed by atoms with Crippen LogP contribution in [0, 0.1) is 5.53 Å². The third-order valence-electron chi connectivity index (χ3n) is 6.07. The highest BCUT2D eigenvalue weighted by atomic mass is 35.5. The summed E-state index contributed by atoms with van der Waals surface area (Å²) in [4.78, 5) is 53.7. The minimum Gasteiger partial charge on any atom is -0.548 e. The molecule has 0 bridgehead atoms. The number of carboxylic acids is 1. The number of rotatable bonds is 8. The third-order valence-corrected chi connectivity index (χ3v) is 6.70. The molecule has 0 saturated heterocycles. The Hall–Kier alpha value is -4.57. The molecule has 2 N–H and O–H groups in total. The molecule has 3 aromatic carbocycles. The van der Waals surface area contributed by atoms with E-state index in [1.165, 1.54) is 35.9 Å². The van der Waals surface area contributed by atoms with Crippen molar-refractivity contribution >= 4 is 46.0 Å². The van der Waals surface area contributed by atoms with Gasteiger partial charge in [-0.3, -0.25) is 14.2 Å². The van der Waals surface area contributed by atoms with Crippen LogP contribution < -0.4 is 26.6 Å². The van der Waals surface area contributed by atoms with Crippen LogP contribution in [-0.2, 0) is 24.8 Å². The van der Waals surface area contributed by atoms with Crippen molar-refractivity contribution in [3.8, 4) is 5.69 Å². The number of carbonyl (C=O) groups excluding carboxylic acids is 2. The number of halogens is 2. The van der Waals surface area contributed by atoms with E-state index < -0.39 is 29.2 Å². The average molecular weight is 567 g/mol. The van der Waals surface area contributed by atoms with Crippen LogP contribution in [0.1, 0.15) is 21.5 Å². The summed E-state index contributed by atoms with van der Waals surface area (Å²) >= 11 is 12.1. The molecule has 39 heavy (non-hydrogen) atoms. The number of aryl methyl sites for hydroxylation is 1. The normalized spacial score (nSPS) is 11.6. The first-order chi connectivity index (χ1) is 18.6. The molecule has 4 aromatic rings. The van der Waals surface area contributed by atoms with Crippen LogP contribution >= 0.6 is 23.2 Å². The van der Waals surface area contributed by atoms with Crippen molar-refractivity contribution in [3.05, 3.63) is 108 Å². The number of carboxylic acid groups (broad SMARTS) is 1. The zero-order valence-electron chi connectivity index (χ0n) is 20.4. The summed E-state index contributed by atoms with van der Waals surface area (Å²) in [5.74, 6) is -2.29. The fourth-order valence-corrected chi connectivity index (χ4v) is 4.67. The molecule has 1 atom stereocenters. The van der Waals surface area contributed by atoms with Crippen LogP contribution in [0.15, 0.2) is 75.4 Å². The van der Waals surface area contributed by atoms with Gasteiger partial charge in [0.1, 0.15) is 17.2 Å². The van der Waals surface area contributed by atoms with E-state index in [-0.39, 0.29) is 39.6 Å². The minimum atomic E-state index is -1.52. The SMILES string of the molecule is Cn1c(=O)n(-c2ccc(C[C@H](NC(=O)c3c(Cl)cccc3Cl)C(=O)[O-])cc2)c(=O)c2cc(CN=[N+]=N)ccc21. The van der Waals surface area contributed by atoms with Gasteiger partial charge in [-0.2, -0.15) is 0 Å². The van der Waals surface area contributed by atoms with Crippen molar-refractivity contribution in [2.45, 2.75) is 19.0 Å². The predicted octanol–water partition coefficient (Wildman–Crippen LogP) is 2.14. The summed E-state index contributed by atoms with van der Waals surface area (Å²) in [5.41, 5.74) is 7.46. The second-order valence-electron chi connectivity index (χ2n) is 8.55. The summed E-state index contributed by atoms with van der Waals surface area (Å²) in [6.45, 7) is 0.106. The Balaban J connectivity index is 1.64. The maximum atomic E-state index is 13.3. The molecule has 1 amide bonds. The minimum absolute atomic E-state index is 0.0557. The molecular weight excluding hydrogens is 547 g/mol. The van der Waals surface area contributed by atoms with E-state index in [2.05, 4.69) is 15.3 Å². The maximum absolute atomic E-state index is 13.3. The molecule has 4 rings (SSSR count). The lowest BCUT2D eigenvalue weighted by atomic mass is 10.0. The number of amides is 1. The zero-order valence-corrected chi connectivity index (χ0v) is 21.9. The first-order valence-electron chi connectivity index (χ1n) is 11.4. The van der Waals surface area contributed by atoms with Crippen molar-refractivity contribution in [3.63, 3.8) is 0 Å². The van der Waals surface area contributed by atoms with E-state index in [1.807, 2.05) is 0 Å². The second-order valence-corrected chi connectivity index (χ2v) is 9.36. The van der Waals surface area contributed by atoms with Crippen LogP contribution in [0.2, 0.25) is 10.0 Å². The van der Waals surface area contributed by atoms with Gasteiger partial charge in [-0.15, -0.1) is 0 Å². The highest BCUT2D eigenvalue weighted by Crippen LogP contribution is 2.24. The van der Waals surface area contributed by atoms with Gasteiger partial charge >= 0.3 is 5.69 Å². The number of nitrogens with zero attached hydrogens (tertiary/aromatic N) is 4. The van der Waals surface area contributed by atoms with Crippen LogP contribution in [0.4, 0.5) is 0 Å². The molecule has 0 unspecified atom stereocenters. The van der Waals surface area contributed by atoms with E-state index in [4.69, 9.17) is 28.7 Å². The van der Waals surface area contributed by atoms with Gasteiger partial charge in [0.15, 0.2) is 0 Å². The van der Waals surface area contributed by atoms with Crippen molar-refractivity contribution in [1.29, 1.82) is 5.53 Å². The predicted molar refractivity (Wildman–Crippen MR) is 142 cm³/mol. The molecule has 0 aliphatic carbocycles. The van der Waals surface area contributed by atoms with Crippen molar-refractivity contribution in [2.75, 3.05) is 0 Å². The molecular formula is C26H20Cl2N6O5. The maximum Gasteiger partial charge on any atom is 0.335 e. The van der Waals surface area contributed by atoms with Gasteiger partial charge in [0.05, 0.1) is 44.2 Å². The molecule has 0 aliphatic rings. The summed E-state index contributed by atoms with van der Waals surface area (Å²) in [5, 5.41) is 18.2. The van der Waals surface area contributed by atoms with Crippen LogP contribution in [0.3, 0.4) is 0 Å². The number of nitrogens with one attached hydrogen (secondary N) is 2. The number of benzene rings is 3. The number of carbonyl (C=O) groups is 2. The lowest BCUT2D eigenvalue weighted by Crippen LogP contribution is -2.49. The Bertz CT molecular complexity index is 1750. The standard InChI is InChI=1S/C26H20Cl2N6O5/c1-33-21-10-7-15(13-30-32-29)11-17(21)24(36)34(26(33)39)16-8-5-14(6-9-16)12-20(25(37)38)31-23(35)22-18(27)3-2-4-19(22)28/h2-11,20,29H,12-13H2,1H3,(H-,31,35,37,38)/t20-/m0/s1. The fraction of sp³-hybridized carbons (Fsp3) is 0.154. The van der Waals surface area contributed by atoms with E-state index in [0.29, 0.717) is 16.6 Å². The largest absolute Gasteiger partial charge is 0.548 e. The van der Waals surface area contributed by atoms with Crippen LogP contribution in [0.25, 0.3) is 16.6 Å². The Kier molecular flexibility index (Phi) is 8.06. The van der Waals surface area contributed by atoms with Gasteiger partial charge in [0, 0.05) is 7.05 Å². The van der Waals surface area contributed by atoms with E-state index in [1.54, 1.807) is 36.4 Å². The van der Waals surface area contributed by atoms with Gasteiger partial charge in [-0.1, -0.05) is 47.5 Å². The molecule has 1 heterocycles. The summed E-state index contributed by atoms with van der Waals surface area (Å²) in [6, 6.07) is 14.1. The van der Waals surface area contributed by atoms with E-state index in [0.717, 1.165) is 4.57 Å².